The van der Waals surface area contributed by atoms with Gasteiger partial charge in [0.05, 0.1) is 0 Å². The van der Waals surface area contributed by atoms with Gasteiger partial charge in [-0.05, 0) is 62.1 Å². The van der Waals surface area contributed by atoms with Crippen LogP contribution in [0.15, 0.2) is 36.4 Å². The van der Waals surface area contributed by atoms with Gasteiger partial charge in [0.2, 0.25) is 0 Å². The summed E-state index contributed by atoms with van der Waals surface area (Å²) < 4.78 is 5.71. The average Bonchev–Trinajstić information content (AvgIpc) is 2.45. The molecule has 1 N–H and O–H groups in total. The van der Waals surface area contributed by atoms with Crippen molar-refractivity contribution in [3.63, 3.8) is 0 Å². The van der Waals surface area contributed by atoms with Crippen LogP contribution in [0.25, 0.3) is 0 Å². The molecule has 0 fully saturated rings. The molecule has 2 aromatic rings. The van der Waals surface area contributed by atoms with E-state index in [0.29, 0.717) is 12.2 Å². The lowest BCUT2D eigenvalue weighted by atomic mass is 10.00. The van der Waals surface area contributed by atoms with Crippen molar-refractivity contribution in [2.45, 2.75) is 40.2 Å². The molecular formula is C19H22O3. The summed E-state index contributed by atoms with van der Waals surface area (Å²) in [4.78, 5) is 11.5. The standard InChI is InChI=1S/C19H22O3/c1-12-5-6-14(3)16(9-12)11-18(19(20)21)22-17-8-7-13(2)15(4)10-17/h5-10,18H,11H2,1-4H3,(H,20,21)/t18-/m0/s1. The summed E-state index contributed by atoms with van der Waals surface area (Å²) in [7, 11) is 0. The van der Waals surface area contributed by atoms with Crippen molar-refractivity contribution in [2.75, 3.05) is 0 Å². The van der Waals surface area contributed by atoms with E-state index in [1.807, 2.05) is 64.1 Å². The van der Waals surface area contributed by atoms with Gasteiger partial charge in [-0.2, -0.15) is 0 Å². The Balaban J connectivity index is 2.21. The highest BCUT2D eigenvalue weighted by molar-refractivity contribution is 5.73. The summed E-state index contributed by atoms with van der Waals surface area (Å²) >= 11 is 0. The Morgan fingerprint density at radius 3 is 2.32 bits per heavy atom. The molecule has 0 amide bonds. The monoisotopic (exact) mass is 298 g/mol. The lowest BCUT2D eigenvalue weighted by molar-refractivity contribution is -0.145. The second-order valence-corrected chi connectivity index (χ2v) is 5.82. The maximum absolute atomic E-state index is 11.5. The van der Waals surface area contributed by atoms with Crippen LogP contribution < -0.4 is 4.74 Å². The van der Waals surface area contributed by atoms with Crippen LogP contribution in [0.4, 0.5) is 0 Å². The molecule has 0 heterocycles. The molecule has 2 aromatic carbocycles. The van der Waals surface area contributed by atoms with Crippen molar-refractivity contribution in [1.82, 2.24) is 0 Å². The minimum atomic E-state index is -0.945. The highest BCUT2D eigenvalue weighted by Gasteiger charge is 2.21. The number of benzene rings is 2. The lowest BCUT2D eigenvalue weighted by Crippen LogP contribution is -2.29. The number of ether oxygens (including phenoxy) is 1. The molecule has 0 aliphatic carbocycles. The summed E-state index contributed by atoms with van der Waals surface area (Å²) in [6.07, 6.45) is -0.530. The second kappa shape index (κ2) is 6.65. The van der Waals surface area contributed by atoms with Crippen molar-refractivity contribution in [3.8, 4) is 5.75 Å². The summed E-state index contributed by atoms with van der Waals surface area (Å²) in [5.74, 6) is -0.347. The SMILES string of the molecule is Cc1ccc(C)c(C[C@H](Oc2ccc(C)c(C)c2)C(=O)O)c1. The first kappa shape index (κ1) is 16.1. The zero-order valence-electron chi connectivity index (χ0n) is 13.5. The number of rotatable bonds is 5. The van der Waals surface area contributed by atoms with Crippen molar-refractivity contribution in [1.29, 1.82) is 0 Å². The molecule has 3 heteroatoms. The number of aryl methyl sites for hydroxylation is 4. The van der Waals surface area contributed by atoms with Gasteiger partial charge in [0.25, 0.3) is 0 Å². The molecular weight excluding hydrogens is 276 g/mol. The predicted octanol–water partition coefficient (Wildman–Crippen LogP) is 3.99. The highest BCUT2D eigenvalue weighted by Crippen LogP contribution is 2.20. The maximum Gasteiger partial charge on any atom is 0.345 e. The van der Waals surface area contributed by atoms with Crippen LogP contribution in [0.3, 0.4) is 0 Å². The van der Waals surface area contributed by atoms with E-state index in [1.165, 1.54) is 0 Å². The largest absolute Gasteiger partial charge is 0.478 e. The Kier molecular flexibility index (Phi) is 4.86. The van der Waals surface area contributed by atoms with Gasteiger partial charge >= 0.3 is 5.97 Å². The number of hydrogen-bond acceptors (Lipinski definition) is 2. The molecule has 0 spiro atoms. The van der Waals surface area contributed by atoms with Crippen LogP contribution in [0.1, 0.15) is 27.8 Å². The van der Waals surface area contributed by atoms with Gasteiger partial charge in [-0.15, -0.1) is 0 Å². The molecule has 22 heavy (non-hydrogen) atoms. The van der Waals surface area contributed by atoms with Gasteiger partial charge in [-0.25, -0.2) is 4.79 Å². The van der Waals surface area contributed by atoms with Crippen LogP contribution in [0, 0.1) is 27.7 Å². The number of carboxylic acid groups (broad SMARTS) is 1. The van der Waals surface area contributed by atoms with Crippen molar-refractivity contribution >= 4 is 5.97 Å². The summed E-state index contributed by atoms with van der Waals surface area (Å²) in [6, 6.07) is 11.7. The fraction of sp³-hybridized carbons (Fsp3) is 0.316. The smallest absolute Gasteiger partial charge is 0.345 e. The molecule has 3 nitrogen and oxygen atoms in total. The van der Waals surface area contributed by atoms with Crippen LogP contribution in [0.5, 0.6) is 5.75 Å². The predicted molar refractivity (Wildman–Crippen MR) is 87.6 cm³/mol. The van der Waals surface area contributed by atoms with E-state index in [0.717, 1.165) is 27.8 Å². The van der Waals surface area contributed by atoms with E-state index in [1.54, 1.807) is 0 Å². The van der Waals surface area contributed by atoms with E-state index in [-0.39, 0.29) is 0 Å². The summed E-state index contributed by atoms with van der Waals surface area (Å²) in [5, 5.41) is 9.45. The van der Waals surface area contributed by atoms with E-state index in [9.17, 15) is 9.90 Å². The quantitative estimate of drug-likeness (QED) is 0.907. The third kappa shape index (κ3) is 3.88. The Morgan fingerprint density at radius 1 is 1.00 bits per heavy atom. The van der Waals surface area contributed by atoms with Gasteiger partial charge in [-0.3, -0.25) is 0 Å². The molecule has 0 aromatic heterocycles. The Labute approximate surface area is 131 Å². The molecule has 0 bridgehead atoms. The number of aliphatic carboxylic acids is 1. The summed E-state index contributed by atoms with van der Waals surface area (Å²) in [6.45, 7) is 8.00. The summed E-state index contributed by atoms with van der Waals surface area (Å²) in [5.41, 5.74) is 5.47. The first-order valence-electron chi connectivity index (χ1n) is 7.39. The number of carbonyl (C=O) groups is 1. The third-order valence-electron chi connectivity index (χ3n) is 3.94. The van der Waals surface area contributed by atoms with Crippen LogP contribution in [-0.4, -0.2) is 17.2 Å². The van der Waals surface area contributed by atoms with Gasteiger partial charge < -0.3 is 9.84 Å². The molecule has 0 aliphatic rings. The Bertz CT molecular complexity index is 689. The molecule has 0 unspecified atom stereocenters. The minimum absolute atomic E-state index is 0.357. The second-order valence-electron chi connectivity index (χ2n) is 5.82. The zero-order chi connectivity index (χ0) is 16.3. The Morgan fingerprint density at radius 2 is 1.68 bits per heavy atom. The molecule has 1 atom stereocenters. The van der Waals surface area contributed by atoms with Gasteiger partial charge in [0, 0.05) is 6.42 Å². The van der Waals surface area contributed by atoms with Gasteiger partial charge in [-0.1, -0.05) is 29.8 Å². The first-order chi connectivity index (χ1) is 10.4. The van der Waals surface area contributed by atoms with E-state index in [2.05, 4.69) is 0 Å². The fourth-order valence-electron chi connectivity index (χ4n) is 2.35. The van der Waals surface area contributed by atoms with Crippen LogP contribution >= 0.6 is 0 Å². The first-order valence-corrected chi connectivity index (χ1v) is 7.39. The van der Waals surface area contributed by atoms with E-state index >= 15 is 0 Å². The molecule has 0 radical (unpaired) electrons. The minimum Gasteiger partial charge on any atom is -0.478 e. The third-order valence-corrected chi connectivity index (χ3v) is 3.94. The zero-order valence-corrected chi connectivity index (χ0v) is 13.5. The average molecular weight is 298 g/mol. The van der Waals surface area contributed by atoms with Crippen LogP contribution in [-0.2, 0) is 11.2 Å². The molecule has 0 aliphatic heterocycles. The molecule has 2 rings (SSSR count). The molecule has 116 valence electrons. The topological polar surface area (TPSA) is 46.5 Å². The number of hydrogen-bond donors (Lipinski definition) is 1. The van der Waals surface area contributed by atoms with Crippen LogP contribution in [0.2, 0.25) is 0 Å². The molecule has 0 saturated carbocycles. The van der Waals surface area contributed by atoms with Crippen molar-refractivity contribution in [2.24, 2.45) is 0 Å². The Hall–Kier alpha value is -2.29. The maximum atomic E-state index is 11.5. The van der Waals surface area contributed by atoms with Crippen molar-refractivity contribution < 1.29 is 14.6 Å². The highest BCUT2D eigenvalue weighted by atomic mass is 16.5. The normalized spacial score (nSPS) is 12.0. The van der Waals surface area contributed by atoms with Gasteiger partial charge in [0.1, 0.15) is 5.75 Å². The van der Waals surface area contributed by atoms with E-state index < -0.39 is 12.1 Å². The number of carboxylic acids is 1. The van der Waals surface area contributed by atoms with Crippen molar-refractivity contribution in [3.05, 3.63) is 64.2 Å². The molecule has 0 saturated heterocycles. The van der Waals surface area contributed by atoms with E-state index in [4.69, 9.17) is 4.74 Å². The fourth-order valence-corrected chi connectivity index (χ4v) is 2.35. The lowest BCUT2D eigenvalue weighted by Gasteiger charge is -2.17. The van der Waals surface area contributed by atoms with Gasteiger partial charge in [0.15, 0.2) is 6.10 Å².